The Kier molecular flexibility index (Phi) is 5.75. The van der Waals surface area contributed by atoms with E-state index < -0.39 is 5.83 Å². The van der Waals surface area contributed by atoms with E-state index in [0.29, 0.717) is 5.88 Å². The summed E-state index contributed by atoms with van der Waals surface area (Å²) >= 11 is 0. The first-order valence-electron chi connectivity index (χ1n) is 5.79. The highest BCUT2D eigenvalue weighted by atomic mass is 19.1. The first kappa shape index (κ1) is 14.9. The van der Waals surface area contributed by atoms with Crippen LogP contribution in [0.3, 0.4) is 0 Å². The molecule has 1 unspecified atom stereocenters. The number of hydrazine groups is 1. The normalized spacial score (nSPS) is 12.7. The molecule has 102 valence electrons. The van der Waals surface area contributed by atoms with E-state index in [-0.39, 0.29) is 12.5 Å². The standard InChI is InChI=1S/C14H18FN3O/c1-4-11(7-12(15)5-2)9-19-14-6-10(3)13(18-16)8-17-14/h4-8,11,18H,1-2,9,16H2,3H3. The van der Waals surface area contributed by atoms with Crippen LogP contribution in [0.5, 0.6) is 5.88 Å². The fourth-order valence-electron chi connectivity index (χ4n) is 1.40. The molecule has 0 fully saturated rings. The number of ether oxygens (including phenoxy) is 1. The summed E-state index contributed by atoms with van der Waals surface area (Å²) in [5, 5.41) is 0. The van der Waals surface area contributed by atoms with E-state index in [0.717, 1.165) is 17.3 Å². The largest absolute Gasteiger partial charge is 0.477 e. The SMILES string of the molecule is C=CC(F)=CC(C=C)COc1cc(C)c(NN)cn1. The molecule has 5 heteroatoms. The van der Waals surface area contributed by atoms with E-state index in [1.165, 1.54) is 6.08 Å². The highest BCUT2D eigenvalue weighted by molar-refractivity contribution is 5.48. The van der Waals surface area contributed by atoms with Crippen molar-refractivity contribution in [1.29, 1.82) is 0 Å². The van der Waals surface area contributed by atoms with Gasteiger partial charge in [0.25, 0.3) is 0 Å². The molecule has 0 aliphatic rings. The quantitative estimate of drug-likeness (QED) is 0.344. The minimum Gasteiger partial charge on any atom is -0.477 e. The number of aromatic nitrogens is 1. The molecular formula is C14H18FN3O. The second-order valence-corrected chi connectivity index (χ2v) is 3.95. The van der Waals surface area contributed by atoms with Crippen LogP contribution in [0, 0.1) is 12.8 Å². The number of aryl methyl sites for hydroxylation is 1. The Hall–Kier alpha value is -2.14. The maximum Gasteiger partial charge on any atom is 0.213 e. The summed E-state index contributed by atoms with van der Waals surface area (Å²) in [5.41, 5.74) is 4.17. The molecule has 0 spiro atoms. The molecule has 0 amide bonds. The first-order valence-corrected chi connectivity index (χ1v) is 5.79. The zero-order valence-corrected chi connectivity index (χ0v) is 10.9. The number of nitrogens with two attached hydrogens (primary N) is 1. The molecule has 1 aromatic heterocycles. The van der Waals surface area contributed by atoms with Crippen LogP contribution in [-0.2, 0) is 0 Å². The van der Waals surface area contributed by atoms with Crippen molar-refractivity contribution in [3.05, 3.63) is 55.0 Å². The monoisotopic (exact) mass is 263 g/mol. The number of rotatable bonds is 7. The van der Waals surface area contributed by atoms with Gasteiger partial charge in [-0.25, -0.2) is 9.37 Å². The predicted octanol–water partition coefficient (Wildman–Crippen LogP) is 2.90. The lowest BCUT2D eigenvalue weighted by Gasteiger charge is -2.11. The fraction of sp³-hybridized carbons (Fsp3) is 0.214. The smallest absolute Gasteiger partial charge is 0.213 e. The predicted molar refractivity (Wildman–Crippen MR) is 75.4 cm³/mol. The summed E-state index contributed by atoms with van der Waals surface area (Å²) in [6.45, 7) is 9.12. The average molecular weight is 263 g/mol. The van der Waals surface area contributed by atoms with Crippen molar-refractivity contribution in [2.24, 2.45) is 11.8 Å². The van der Waals surface area contributed by atoms with Gasteiger partial charge in [-0.1, -0.05) is 12.7 Å². The number of hydrogen-bond acceptors (Lipinski definition) is 4. The Morgan fingerprint density at radius 1 is 1.63 bits per heavy atom. The molecule has 0 radical (unpaired) electrons. The zero-order chi connectivity index (χ0) is 14.3. The minimum atomic E-state index is -0.402. The van der Waals surface area contributed by atoms with Gasteiger partial charge in [0.15, 0.2) is 0 Å². The minimum absolute atomic E-state index is 0.243. The third kappa shape index (κ3) is 4.56. The molecule has 1 aromatic rings. The van der Waals surface area contributed by atoms with Gasteiger partial charge in [-0.15, -0.1) is 6.58 Å². The maximum atomic E-state index is 13.1. The average Bonchev–Trinajstić information content (AvgIpc) is 2.43. The van der Waals surface area contributed by atoms with Crippen LogP contribution in [0.25, 0.3) is 0 Å². The summed E-state index contributed by atoms with van der Waals surface area (Å²) in [7, 11) is 0. The van der Waals surface area contributed by atoms with E-state index in [1.54, 1.807) is 18.3 Å². The molecule has 1 rings (SSSR count). The Labute approximate surface area is 112 Å². The molecule has 0 aromatic carbocycles. The number of pyridine rings is 1. The molecule has 0 aliphatic carbocycles. The molecule has 1 heterocycles. The van der Waals surface area contributed by atoms with Crippen LogP contribution in [0.4, 0.5) is 10.1 Å². The molecule has 0 bridgehead atoms. The van der Waals surface area contributed by atoms with Gasteiger partial charge in [-0.3, -0.25) is 5.84 Å². The molecule has 4 nitrogen and oxygen atoms in total. The van der Waals surface area contributed by atoms with Gasteiger partial charge in [0.05, 0.1) is 18.5 Å². The molecule has 19 heavy (non-hydrogen) atoms. The van der Waals surface area contributed by atoms with Crippen LogP contribution >= 0.6 is 0 Å². The summed E-state index contributed by atoms with van der Waals surface area (Å²) in [4.78, 5) is 4.08. The third-order valence-corrected chi connectivity index (χ3v) is 2.54. The van der Waals surface area contributed by atoms with E-state index in [2.05, 4.69) is 23.6 Å². The second-order valence-electron chi connectivity index (χ2n) is 3.95. The molecule has 1 atom stereocenters. The van der Waals surface area contributed by atoms with Gasteiger partial charge < -0.3 is 10.2 Å². The third-order valence-electron chi connectivity index (χ3n) is 2.54. The lowest BCUT2D eigenvalue weighted by Crippen LogP contribution is -2.11. The van der Waals surface area contributed by atoms with Crippen molar-refractivity contribution in [2.75, 3.05) is 12.0 Å². The molecule has 0 aliphatic heterocycles. The Balaban J connectivity index is 2.67. The van der Waals surface area contributed by atoms with Crippen LogP contribution in [0.1, 0.15) is 5.56 Å². The van der Waals surface area contributed by atoms with Crippen molar-refractivity contribution < 1.29 is 9.13 Å². The highest BCUT2D eigenvalue weighted by Gasteiger charge is 2.06. The number of halogens is 1. The van der Waals surface area contributed by atoms with E-state index in [1.807, 2.05) is 6.92 Å². The fourth-order valence-corrected chi connectivity index (χ4v) is 1.40. The summed E-state index contributed by atoms with van der Waals surface area (Å²) in [5.74, 6) is 5.12. The first-order chi connectivity index (χ1) is 9.10. The summed E-state index contributed by atoms with van der Waals surface area (Å²) in [6.07, 6.45) is 5.71. The van der Waals surface area contributed by atoms with Crippen molar-refractivity contribution in [1.82, 2.24) is 4.98 Å². The van der Waals surface area contributed by atoms with Crippen molar-refractivity contribution >= 4 is 5.69 Å². The van der Waals surface area contributed by atoms with Gasteiger partial charge in [-0.05, 0) is 24.6 Å². The number of nitrogens with one attached hydrogen (secondary N) is 1. The molecular weight excluding hydrogens is 245 g/mol. The lowest BCUT2D eigenvalue weighted by atomic mass is 10.1. The van der Waals surface area contributed by atoms with Crippen LogP contribution in [-0.4, -0.2) is 11.6 Å². The van der Waals surface area contributed by atoms with Gasteiger partial charge in [0.1, 0.15) is 5.83 Å². The number of anilines is 1. The number of hydrogen-bond donors (Lipinski definition) is 2. The van der Waals surface area contributed by atoms with Crippen LogP contribution in [0.2, 0.25) is 0 Å². The maximum absolute atomic E-state index is 13.1. The van der Waals surface area contributed by atoms with Gasteiger partial charge in [-0.2, -0.15) is 0 Å². The lowest BCUT2D eigenvalue weighted by molar-refractivity contribution is 0.284. The number of allylic oxidation sites excluding steroid dienone is 2. The second kappa shape index (κ2) is 7.33. The number of nitrogens with zero attached hydrogens (tertiary/aromatic N) is 1. The Bertz CT molecular complexity index is 486. The van der Waals surface area contributed by atoms with Gasteiger partial charge in [0.2, 0.25) is 5.88 Å². The summed E-state index contributed by atoms with van der Waals surface area (Å²) in [6, 6.07) is 1.75. The van der Waals surface area contributed by atoms with Crippen LogP contribution in [0.15, 0.2) is 49.5 Å². The highest BCUT2D eigenvalue weighted by Crippen LogP contribution is 2.18. The number of nitrogen functional groups attached to an aromatic ring is 1. The molecule has 0 saturated carbocycles. The van der Waals surface area contributed by atoms with Gasteiger partial charge in [0, 0.05) is 12.0 Å². The topological polar surface area (TPSA) is 60.2 Å². The van der Waals surface area contributed by atoms with Crippen LogP contribution < -0.4 is 16.0 Å². The van der Waals surface area contributed by atoms with Crippen molar-refractivity contribution in [3.8, 4) is 5.88 Å². The van der Waals surface area contributed by atoms with E-state index in [4.69, 9.17) is 10.6 Å². The van der Waals surface area contributed by atoms with E-state index >= 15 is 0 Å². The Morgan fingerprint density at radius 3 is 2.89 bits per heavy atom. The molecule has 3 N–H and O–H groups in total. The van der Waals surface area contributed by atoms with E-state index in [9.17, 15) is 4.39 Å². The van der Waals surface area contributed by atoms with Crippen molar-refractivity contribution in [2.45, 2.75) is 6.92 Å². The molecule has 0 saturated heterocycles. The Morgan fingerprint density at radius 2 is 2.37 bits per heavy atom. The summed E-state index contributed by atoms with van der Waals surface area (Å²) < 4.78 is 18.5. The zero-order valence-electron chi connectivity index (χ0n) is 10.9. The van der Waals surface area contributed by atoms with Gasteiger partial charge >= 0.3 is 0 Å². The van der Waals surface area contributed by atoms with Crippen molar-refractivity contribution in [3.63, 3.8) is 0 Å².